The van der Waals surface area contributed by atoms with Gasteiger partial charge < -0.3 is 9.84 Å². The van der Waals surface area contributed by atoms with Crippen LogP contribution in [-0.4, -0.2) is 17.8 Å². The van der Waals surface area contributed by atoms with Crippen LogP contribution >= 0.6 is 0 Å². The number of hydrogen-bond donors (Lipinski definition) is 1. The number of benzene rings is 1. The Bertz CT molecular complexity index is 362. The zero-order chi connectivity index (χ0) is 11.6. The average molecular weight is 220 g/mol. The number of ether oxygens (including phenoxy) is 1. The summed E-state index contributed by atoms with van der Waals surface area (Å²) in [5, 5.41) is 9.71. The van der Waals surface area contributed by atoms with E-state index in [4.69, 9.17) is 4.74 Å². The van der Waals surface area contributed by atoms with Gasteiger partial charge in [0.1, 0.15) is 5.75 Å². The van der Waals surface area contributed by atoms with Crippen molar-refractivity contribution in [1.29, 1.82) is 0 Å². The molecule has 88 valence electrons. The second-order valence-corrected chi connectivity index (χ2v) is 4.89. The summed E-state index contributed by atoms with van der Waals surface area (Å²) in [7, 11) is 0. The Labute approximate surface area is 97.3 Å². The molecule has 0 bridgehead atoms. The van der Waals surface area contributed by atoms with Crippen LogP contribution in [0.5, 0.6) is 5.75 Å². The molecule has 2 atom stereocenters. The van der Waals surface area contributed by atoms with Gasteiger partial charge in [-0.15, -0.1) is 0 Å². The first-order chi connectivity index (χ1) is 7.65. The molecule has 1 aliphatic rings. The van der Waals surface area contributed by atoms with E-state index in [0.29, 0.717) is 6.61 Å². The molecule has 1 saturated carbocycles. The third-order valence-electron chi connectivity index (χ3n) is 3.55. The van der Waals surface area contributed by atoms with E-state index in [1.54, 1.807) is 0 Å². The molecule has 2 unspecified atom stereocenters. The SMILES string of the molecule is CCOc1ccccc1C1(C)CCC(O)C1. The standard InChI is InChI=1S/C14H20O2/c1-3-16-13-7-5-4-6-12(13)14(2)9-8-11(15)10-14/h4-7,11,15H,3,8-10H2,1-2H3. The molecule has 0 aromatic heterocycles. The molecule has 1 fully saturated rings. The first kappa shape index (κ1) is 11.5. The van der Waals surface area contributed by atoms with Crippen molar-refractivity contribution >= 4 is 0 Å². The molecule has 1 aliphatic carbocycles. The summed E-state index contributed by atoms with van der Waals surface area (Å²) < 4.78 is 5.67. The fourth-order valence-electron chi connectivity index (χ4n) is 2.70. The van der Waals surface area contributed by atoms with Crippen molar-refractivity contribution in [2.45, 2.75) is 44.6 Å². The highest BCUT2D eigenvalue weighted by Crippen LogP contribution is 2.44. The predicted octanol–water partition coefficient (Wildman–Crippen LogP) is 2.89. The Morgan fingerprint density at radius 3 is 2.81 bits per heavy atom. The molecular formula is C14H20O2. The topological polar surface area (TPSA) is 29.5 Å². The molecule has 1 aromatic rings. The predicted molar refractivity (Wildman–Crippen MR) is 64.8 cm³/mol. The van der Waals surface area contributed by atoms with Gasteiger partial charge in [0, 0.05) is 5.56 Å². The Hall–Kier alpha value is -1.02. The molecule has 2 heteroatoms. The lowest BCUT2D eigenvalue weighted by atomic mass is 9.80. The Kier molecular flexibility index (Phi) is 3.20. The Morgan fingerprint density at radius 1 is 1.44 bits per heavy atom. The number of para-hydroxylation sites is 1. The molecular weight excluding hydrogens is 200 g/mol. The van der Waals surface area contributed by atoms with Crippen LogP contribution < -0.4 is 4.74 Å². The lowest BCUT2D eigenvalue weighted by Crippen LogP contribution is -2.20. The molecule has 1 N–H and O–H groups in total. The van der Waals surface area contributed by atoms with E-state index in [9.17, 15) is 5.11 Å². The minimum absolute atomic E-state index is 0.0746. The van der Waals surface area contributed by atoms with Gasteiger partial charge in [0.2, 0.25) is 0 Å². The van der Waals surface area contributed by atoms with E-state index in [1.807, 2.05) is 25.1 Å². The van der Waals surface area contributed by atoms with Crippen LogP contribution in [0.4, 0.5) is 0 Å². The van der Waals surface area contributed by atoms with E-state index in [2.05, 4.69) is 13.0 Å². The van der Waals surface area contributed by atoms with Gasteiger partial charge in [0.15, 0.2) is 0 Å². The van der Waals surface area contributed by atoms with Crippen LogP contribution in [0.15, 0.2) is 24.3 Å². The summed E-state index contributed by atoms with van der Waals surface area (Å²) in [6, 6.07) is 8.20. The van der Waals surface area contributed by atoms with Gasteiger partial charge in [-0.25, -0.2) is 0 Å². The lowest BCUT2D eigenvalue weighted by Gasteiger charge is -2.26. The zero-order valence-electron chi connectivity index (χ0n) is 10.1. The quantitative estimate of drug-likeness (QED) is 0.848. The van der Waals surface area contributed by atoms with Crippen LogP contribution in [0.1, 0.15) is 38.7 Å². The molecule has 0 amide bonds. The summed E-state index contributed by atoms with van der Waals surface area (Å²) in [4.78, 5) is 0. The maximum Gasteiger partial charge on any atom is 0.123 e. The maximum atomic E-state index is 9.71. The summed E-state index contributed by atoms with van der Waals surface area (Å²) in [5.74, 6) is 0.974. The number of hydrogen-bond acceptors (Lipinski definition) is 2. The van der Waals surface area contributed by atoms with E-state index in [1.165, 1.54) is 5.56 Å². The van der Waals surface area contributed by atoms with Gasteiger partial charge in [-0.1, -0.05) is 25.1 Å². The molecule has 1 aromatic carbocycles. The second kappa shape index (κ2) is 4.46. The van der Waals surface area contributed by atoms with E-state index in [-0.39, 0.29) is 11.5 Å². The lowest BCUT2D eigenvalue weighted by molar-refractivity contribution is 0.174. The highest BCUT2D eigenvalue weighted by molar-refractivity contribution is 5.40. The smallest absolute Gasteiger partial charge is 0.123 e. The van der Waals surface area contributed by atoms with Gasteiger partial charge in [0.05, 0.1) is 12.7 Å². The highest BCUT2D eigenvalue weighted by atomic mass is 16.5. The Morgan fingerprint density at radius 2 is 2.19 bits per heavy atom. The third kappa shape index (κ3) is 2.07. The van der Waals surface area contributed by atoms with Crippen LogP contribution in [-0.2, 0) is 5.41 Å². The summed E-state index contributed by atoms with van der Waals surface area (Å²) in [6.07, 6.45) is 2.63. The summed E-state index contributed by atoms with van der Waals surface area (Å²) >= 11 is 0. The van der Waals surface area contributed by atoms with Crippen LogP contribution in [0, 0.1) is 0 Å². The molecule has 2 rings (SSSR count). The van der Waals surface area contributed by atoms with Crippen LogP contribution in [0.2, 0.25) is 0 Å². The minimum Gasteiger partial charge on any atom is -0.494 e. The Balaban J connectivity index is 2.32. The number of aliphatic hydroxyl groups excluding tert-OH is 1. The fourth-order valence-corrected chi connectivity index (χ4v) is 2.70. The molecule has 0 heterocycles. The largest absolute Gasteiger partial charge is 0.494 e. The number of aliphatic hydroxyl groups is 1. The zero-order valence-corrected chi connectivity index (χ0v) is 10.1. The fraction of sp³-hybridized carbons (Fsp3) is 0.571. The maximum absolute atomic E-state index is 9.71. The second-order valence-electron chi connectivity index (χ2n) is 4.89. The normalized spacial score (nSPS) is 29.3. The van der Waals surface area contributed by atoms with Gasteiger partial charge in [-0.05, 0) is 37.7 Å². The molecule has 16 heavy (non-hydrogen) atoms. The number of rotatable bonds is 3. The van der Waals surface area contributed by atoms with Crippen LogP contribution in [0.25, 0.3) is 0 Å². The van der Waals surface area contributed by atoms with Crippen molar-refractivity contribution in [2.75, 3.05) is 6.61 Å². The van der Waals surface area contributed by atoms with Crippen molar-refractivity contribution in [1.82, 2.24) is 0 Å². The van der Waals surface area contributed by atoms with Gasteiger partial charge in [-0.3, -0.25) is 0 Å². The molecule has 0 radical (unpaired) electrons. The van der Waals surface area contributed by atoms with Crippen molar-refractivity contribution in [3.63, 3.8) is 0 Å². The van der Waals surface area contributed by atoms with E-state index < -0.39 is 0 Å². The summed E-state index contributed by atoms with van der Waals surface area (Å²) in [6.45, 7) is 4.92. The van der Waals surface area contributed by atoms with Gasteiger partial charge in [0.25, 0.3) is 0 Å². The van der Waals surface area contributed by atoms with E-state index in [0.717, 1.165) is 25.0 Å². The van der Waals surface area contributed by atoms with Crippen molar-refractivity contribution < 1.29 is 9.84 Å². The molecule has 0 saturated heterocycles. The first-order valence-electron chi connectivity index (χ1n) is 6.06. The average Bonchev–Trinajstić information content (AvgIpc) is 2.61. The summed E-state index contributed by atoms with van der Waals surface area (Å²) in [5.41, 5.74) is 1.32. The molecule has 0 aliphatic heterocycles. The van der Waals surface area contributed by atoms with Gasteiger partial charge in [-0.2, -0.15) is 0 Å². The monoisotopic (exact) mass is 220 g/mol. The van der Waals surface area contributed by atoms with Gasteiger partial charge >= 0.3 is 0 Å². The highest BCUT2D eigenvalue weighted by Gasteiger charge is 2.37. The molecule has 0 spiro atoms. The third-order valence-corrected chi connectivity index (χ3v) is 3.55. The van der Waals surface area contributed by atoms with Crippen molar-refractivity contribution in [2.24, 2.45) is 0 Å². The van der Waals surface area contributed by atoms with Crippen LogP contribution in [0.3, 0.4) is 0 Å². The molecule has 2 nitrogen and oxygen atoms in total. The van der Waals surface area contributed by atoms with Crippen molar-refractivity contribution in [3.8, 4) is 5.75 Å². The van der Waals surface area contributed by atoms with E-state index >= 15 is 0 Å². The van der Waals surface area contributed by atoms with Crippen molar-refractivity contribution in [3.05, 3.63) is 29.8 Å². The first-order valence-corrected chi connectivity index (χ1v) is 6.06. The minimum atomic E-state index is -0.153.